The standard InChI is InChI=1S/C8H10FN/c9-5-1-2-8-3-6-10-7-4-8/h3-4,6-7H,1-2,5H2. The molecule has 0 fully saturated rings. The minimum absolute atomic E-state index is 0.234. The zero-order chi connectivity index (χ0) is 7.23. The summed E-state index contributed by atoms with van der Waals surface area (Å²) in [6, 6.07) is 3.82. The second-order valence-electron chi connectivity index (χ2n) is 2.15. The summed E-state index contributed by atoms with van der Waals surface area (Å²) in [6.07, 6.45) is 4.89. The van der Waals surface area contributed by atoms with Crippen LogP contribution in [0.4, 0.5) is 4.39 Å². The van der Waals surface area contributed by atoms with Crippen molar-refractivity contribution >= 4 is 0 Å². The Kier molecular flexibility index (Phi) is 2.87. The number of aryl methyl sites for hydroxylation is 1. The Bertz CT molecular complexity index is 174. The Morgan fingerprint density at radius 1 is 1.30 bits per heavy atom. The largest absolute Gasteiger partial charge is 0.265 e. The highest BCUT2D eigenvalue weighted by Gasteiger charge is 1.89. The normalized spacial score (nSPS) is 9.70. The van der Waals surface area contributed by atoms with Gasteiger partial charge in [-0.1, -0.05) is 0 Å². The highest BCUT2D eigenvalue weighted by Crippen LogP contribution is 1.99. The molecule has 10 heavy (non-hydrogen) atoms. The summed E-state index contributed by atoms with van der Waals surface area (Å²) in [5.41, 5.74) is 1.16. The fraction of sp³-hybridized carbons (Fsp3) is 0.375. The predicted molar refractivity (Wildman–Crippen MR) is 38.5 cm³/mol. The van der Waals surface area contributed by atoms with Gasteiger partial charge in [0.2, 0.25) is 0 Å². The molecule has 0 bridgehead atoms. The first-order valence-corrected chi connectivity index (χ1v) is 3.38. The van der Waals surface area contributed by atoms with Gasteiger partial charge in [-0.2, -0.15) is 0 Å². The van der Waals surface area contributed by atoms with Gasteiger partial charge < -0.3 is 0 Å². The van der Waals surface area contributed by atoms with Crippen molar-refractivity contribution in [3.05, 3.63) is 30.1 Å². The summed E-state index contributed by atoms with van der Waals surface area (Å²) in [7, 11) is 0. The summed E-state index contributed by atoms with van der Waals surface area (Å²) < 4.78 is 11.7. The van der Waals surface area contributed by atoms with Crippen molar-refractivity contribution in [1.29, 1.82) is 0 Å². The van der Waals surface area contributed by atoms with Gasteiger partial charge in [-0.3, -0.25) is 9.37 Å². The number of nitrogens with zero attached hydrogens (tertiary/aromatic N) is 1. The van der Waals surface area contributed by atoms with E-state index in [2.05, 4.69) is 4.98 Å². The van der Waals surface area contributed by atoms with Crippen LogP contribution in [0.25, 0.3) is 0 Å². The first-order valence-electron chi connectivity index (χ1n) is 3.38. The van der Waals surface area contributed by atoms with E-state index in [0.717, 1.165) is 12.0 Å². The van der Waals surface area contributed by atoms with Gasteiger partial charge in [0.1, 0.15) is 0 Å². The van der Waals surface area contributed by atoms with Gasteiger partial charge in [-0.25, -0.2) is 0 Å². The first kappa shape index (κ1) is 7.19. The van der Waals surface area contributed by atoms with Crippen LogP contribution in [0.3, 0.4) is 0 Å². The summed E-state index contributed by atoms with van der Waals surface area (Å²) in [5, 5.41) is 0. The van der Waals surface area contributed by atoms with Gasteiger partial charge in [0, 0.05) is 12.4 Å². The Morgan fingerprint density at radius 3 is 2.60 bits per heavy atom. The molecule has 0 aliphatic carbocycles. The van der Waals surface area contributed by atoms with Gasteiger partial charge in [-0.15, -0.1) is 0 Å². The molecule has 0 spiro atoms. The fourth-order valence-corrected chi connectivity index (χ4v) is 0.820. The highest BCUT2D eigenvalue weighted by atomic mass is 19.1. The molecule has 1 heterocycles. The number of halogens is 1. The molecule has 1 nitrogen and oxygen atoms in total. The SMILES string of the molecule is FCCCc1ccncc1. The van der Waals surface area contributed by atoms with E-state index in [4.69, 9.17) is 0 Å². The van der Waals surface area contributed by atoms with Crippen LogP contribution in [0.5, 0.6) is 0 Å². The van der Waals surface area contributed by atoms with Crippen LogP contribution in [0.1, 0.15) is 12.0 Å². The number of aromatic nitrogens is 1. The van der Waals surface area contributed by atoms with Gasteiger partial charge >= 0.3 is 0 Å². The minimum atomic E-state index is -0.234. The fourth-order valence-electron chi connectivity index (χ4n) is 0.820. The van der Waals surface area contributed by atoms with Crippen molar-refractivity contribution in [3.8, 4) is 0 Å². The van der Waals surface area contributed by atoms with E-state index >= 15 is 0 Å². The van der Waals surface area contributed by atoms with Crippen molar-refractivity contribution < 1.29 is 4.39 Å². The summed E-state index contributed by atoms with van der Waals surface area (Å²) in [4.78, 5) is 3.86. The third-order valence-corrected chi connectivity index (χ3v) is 1.35. The molecule has 0 aliphatic heterocycles. The van der Waals surface area contributed by atoms with Gasteiger partial charge in [-0.05, 0) is 30.5 Å². The maximum Gasteiger partial charge on any atom is 0.0897 e. The van der Waals surface area contributed by atoms with Crippen LogP contribution in [0, 0.1) is 0 Å². The van der Waals surface area contributed by atoms with Crippen LogP contribution in [-0.4, -0.2) is 11.7 Å². The van der Waals surface area contributed by atoms with Gasteiger partial charge in [0.05, 0.1) is 6.67 Å². The minimum Gasteiger partial charge on any atom is -0.265 e. The smallest absolute Gasteiger partial charge is 0.0897 e. The number of rotatable bonds is 3. The Morgan fingerprint density at radius 2 is 2.00 bits per heavy atom. The second kappa shape index (κ2) is 3.99. The maximum absolute atomic E-state index is 11.7. The molecule has 0 N–H and O–H groups in total. The zero-order valence-electron chi connectivity index (χ0n) is 5.76. The van der Waals surface area contributed by atoms with E-state index in [1.807, 2.05) is 12.1 Å². The molecule has 1 rings (SSSR count). The lowest BCUT2D eigenvalue weighted by Crippen LogP contribution is -1.85. The molecule has 1 aromatic heterocycles. The molecule has 0 amide bonds. The number of hydrogen-bond donors (Lipinski definition) is 0. The lowest BCUT2D eigenvalue weighted by atomic mass is 10.2. The van der Waals surface area contributed by atoms with Crippen molar-refractivity contribution in [2.24, 2.45) is 0 Å². The summed E-state index contributed by atoms with van der Waals surface area (Å²) >= 11 is 0. The topological polar surface area (TPSA) is 12.9 Å². The summed E-state index contributed by atoms with van der Waals surface area (Å²) in [5.74, 6) is 0. The molecule has 0 unspecified atom stereocenters. The molecule has 0 aromatic carbocycles. The average molecular weight is 139 g/mol. The van der Waals surface area contributed by atoms with Crippen LogP contribution >= 0.6 is 0 Å². The van der Waals surface area contributed by atoms with Crippen molar-refractivity contribution in [1.82, 2.24) is 4.98 Å². The molecule has 0 radical (unpaired) electrons. The first-order chi connectivity index (χ1) is 4.93. The Labute approximate surface area is 59.9 Å². The summed E-state index contributed by atoms with van der Waals surface area (Å²) in [6.45, 7) is -0.234. The van der Waals surface area contributed by atoms with E-state index in [0.29, 0.717) is 6.42 Å². The lowest BCUT2D eigenvalue weighted by Gasteiger charge is -1.94. The second-order valence-corrected chi connectivity index (χ2v) is 2.15. The maximum atomic E-state index is 11.7. The van der Waals surface area contributed by atoms with Crippen LogP contribution in [-0.2, 0) is 6.42 Å². The predicted octanol–water partition coefficient (Wildman–Crippen LogP) is 1.98. The third kappa shape index (κ3) is 2.13. The molecule has 2 heteroatoms. The van der Waals surface area contributed by atoms with Gasteiger partial charge in [0.25, 0.3) is 0 Å². The van der Waals surface area contributed by atoms with Crippen LogP contribution < -0.4 is 0 Å². The van der Waals surface area contributed by atoms with E-state index in [-0.39, 0.29) is 6.67 Å². The molecular formula is C8H10FN. The lowest BCUT2D eigenvalue weighted by molar-refractivity contribution is 0.473. The van der Waals surface area contributed by atoms with Crippen molar-refractivity contribution in [2.75, 3.05) is 6.67 Å². The third-order valence-electron chi connectivity index (χ3n) is 1.35. The molecule has 0 saturated heterocycles. The van der Waals surface area contributed by atoms with Crippen molar-refractivity contribution in [3.63, 3.8) is 0 Å². The van der Waals surface area contributed by atoms with E-state index in [1.54, 1.807) is 12.4 Å². The molecule has 0 aliphatic rings. The monoisotopic (exact) mass is 139 g/mol. The highest BCUT2D eigenvalue weighted by molar-refractivity contribution is 5.09. The van der Waals surface area contributed by atoms with Crippen molar-refractivity contribution in [2.45, 2.75) is 12.8 Å². The van der Waals surface area contributed by atoms with Crippen LogP contribution in [0.15, 0.2) is 24.5 Å². The molecule has 0 atom stereocenters. The quantitative estimate of drug-likeness (QED) is 0.624. The number of hydrogen-bond acceptors (Lipinski definition) is 1. The van der Waals surface area contributed by atoms with E-state index in [9.17, 15) is 4.39 Å². The van der Waals surface area contributed by atoms with E-state index < -0.39 is 0 Å². The average Bonchev–Trinajstić information content (AvgIpc) is 2.03. The molecule has 0 saturated carbocycles. The Hall–Kier alpha value is -0.920. The number of alkyl halides is 1. The Balaban J connectivity index is 2.43. The van der Waals surface area contributed by atoms with Gasteiger partial charge in [0.15, 0.2) is 0 Å². The molecular weight excluding hydrogens is 129 g/mol. The van der Waals surface area contributed by atoms with E-state index in [1.165, 1.54) is 0 Å². The van der Waals surface area contributed by atoms with Crippen LogP contribution in [0.2, 0.25) is 0 Å². The number of pyridine rings is 1. The molecule has 54 valence electrons. The zero-order valence-corrected chi connectivity index (χ0v) is 5.76. The molecule has 1 aromatic rings.